The first kappa shape index (κ1) is 18.2. The Hall–Kier alpha value is -2.63. The Morgan fingerprint density at radius 3 is 2.46 bits per heavy atom. The van der Waals surface area contributed by atoms with Crippen LogP contribution in [0.25, 0.3) is 0 Å². The number of hydrogen-bond donors (Lipinski definition) is 1. The topological polar surface area (TPSA) is 75.4 Å². The molecule has 2 atom stereocenters. The summed E-state index contributed by atoms with van der Waals surface area (Å²) in [5.74, 6) is -1.53. The SMILES string of the molecule is Cc1nn(C)c(C)c1CCC(=O)N1C[C@@H](C(=O)O)[C@H](c2ccccc2)C1. The van der Waals surface area contributed by atoms with Gasteiger partial charge in [0.1, 0.15) is 0 Å². The first-order chi connectivity index (χ1) is 12.4. The van der Waals surface area contributed by atoms with Crippen molar-refractivity contribution >= 4 is 11.9 Å². The van der Waals surface area contributed by atoms with Crippen LogP contribution in [0, 0.1) is 19.8 Å². The molecule has 1 aromatic carbocycles. The van der Waals surface area contributed by atoms with E-state index in [-0.39, 0.29) is 18.4 Å². The zero-order chi connectivity index (χ0) is 18.8. The number of carboxylic acids is 1. The number of carbonyl (C=O) groups excluding carboxylic acids is 1. The van der Waals surface area contributed by atoms with Gasteiger partial charge in [0.05, 0.1) is 11.6 Å². The summed E-state index contributed by atoms with van der Waals surface area (Å²) in [6.45, 7) is 4.69. The van der Waals surface area contributed by atoms with Gasteiger partial charge in [-0.3, -0.25) is 14.3 Å². The highest BCUT2D eigenvalue weighted by Crippen LogP contribution is 2.33. The molecule has 0 saturated carbocycles. The van der Waals surface area contributed by atoms with Gasteiger partial charge >= 0.3 is 5.97 Å². The average molecular weight is 355 g/mol. The highest BCUT2D eigenvalue weighted by Gasteiger charge is 2.40. The molecule has 0 radical (unpaired) electrons. The summed E-state index contributed by atoms with van der Waals surface area (Å²) in [7, 11) is 1.90. The first-order valence-electron chi connectivity index (χ1n) is 8.93. The van der Waals surface area contributed by atoms with Crippen molar-refractivity contribution in [1.29, 1.82) is 0 Å². The molecule has 0 aliphatic carbocycles. The molecule has 1 aliphatic heterocycles. The first-order valence-corrected chi connectivity index (χ1v) is 8.93. The number of rotatable bonds is 5. The second kappa shape index (κ2) is 7.32. The number of aromatic nitrogens is 2. The minimum atomic E-state index is -0.840. The van der Waals surface area contributed by atoms with Crippen LogP contribution in [-0.4, -0.2) is 44.8 Å². The van der Waals surface area contributed by atoms with Gasteiger partial charge in [0.25, 0.3) is 0 Å². The van der Waals surface area contributed by atoms with Crippen molar-refractivity contribution < 1.29 is 14.7 Å². The molecule has 1 saturated heterocycles. The number of amides is 1. The number of aliphatic carboxylic acids is 1. The molecule has 0 unspecified atom stereocenters. The fraction of sp³-hybridized carbons (Fsp3) is 0.450. The lowest BCUT2D eigenvalue weighted by Crippen LogP contribution is -2.30. The standard InChI is InChI=1S/C20H25N3O3/c1-13-16(14(2)22(3)21-13)9-10-19(24)23-11-17(18(12-23)20(25)26)15-7-5-4-6-8-15/h4-8,17-18H,9-12H2,1-3H3,(H,25,26)/t17-,18+/m0/s1. The summed E-state index contributed by atoms with van der Waals surface area (Å²) in [6, 6.07) is 9.61. The van der Waals surface area contributed by atoms with Gasteiger partial charge in [-0.15, -0.1) is 0 Å². The molecule has 1 aromatic heterocycles. The van der Waals surface area contributed by atoms with Crippen LogP contribution >= 0.6 is 0 Å². The fourth-order valence-electron chi connectivity index (χ4n) is 3.86. The van der Waals surface area contributed by atoms with Gasteiger partial charge in [0.15, 0.2) is 0 Å². The zero-order valence-corrected chi connectivity index (χ0v) is 15.5. The fourth-order valence-corrected chi connectivity index (χ4v) is 3.86. The van der Waals surface area contributed by atoms with E-state index in [1.807, 2.05) is 55.9 Å². The van der Waals surface area contributed by atoms with Gasteiger partial charge in [-0.1, -0.05) is 30.3 Å². The van der Waals surface area contributed by atoms with Crippen molar-refractivity contribution in [1.82, 2.24) is 14.7 Å². The molecular formula is C20H25N3O3. The summed E-state index contributed by atoms with van der Waals surface area (Å²) >= 11 is 0. The predicted molar refractivity (Wildman–Crippen MR) is 97.9 cm³/mol. The van der Waals surface area contributed by atoms with E-state index >= 15 is 0 Å². The number of nitrogens with zero attached hydrogens (tertiary/aromatic N) is 3. The van der Waals surface area contributed by atoms with Crippen LogP contribution < -0.4 is 0 Å². The van der Waals surface area contributed by atoms with Crippen molar-refractivity contribution in [3.63, 3.8) is 0 Å². The van der Waals surface area contributed by atoms with Gasteiger partial charge in [0, 0.05) is 38.2 Å². The maximum Gasteiger partial charge on any atom is 0.308 e. The van der Waals surface area contributed by atoms with E-state index in [1.165, 1.54) is 0 Å². The summed E-state index contributed by atoms with van der Waals surface area (Å²) in [5.41, 5.74) is 4.11. The Bertz CT molecular complexity index is 813. The summed E-state index contributed by atoms with van der Waals surface area (Å²) < 4.78 is 1.83. The van der Waals surface area contributed by atoms with Crippen LogP contribution in [0.1, 0.15) is 34.9 Å². The zero-order valence-electron chi connectivity index (χ0n) is 15.5. The van der Waals surface area contributed by atoms with Crippen molar-refractivity contribution in [2.24, 2.45) is 13.0 Å². The van der Waals surface area contributed by atoms with E-state index in [9.17, 15) is 14.7 Å². The van der Waals surface area contributed by atoms with Crippen molar-refractivity contribution in [2.45, 2.75) is 32.6 Å². The maximum absolute atomic E-state index is 12.7. The van der Waals surface area contributed by atoms with E-state index in [1.54, 1.807) is 4.90 Å². The van der Waals surface area contributed by atoms with E-state index in [4.69, 9.17) is 0 Å². The Morgan fingerprint density at radius 1 is 1.19 bits per heavy atom. The van der Waals surface area contributed by atoms with Gasteiger partial charge in [-0.2, -0.15) is 5.10 Å². The average Bonchev–Trinajstić information content (AvgIpc) is 3.17. The third kappa shape index (κ3) is 3.49. The molecule has 138 valence electrons. The molecule has 6 nitrogen and oxygen atoms in total. The normalized spacial score (nSPS) is 19.7. The van der Waals surface area contributed by atoms with E-state index in [2.05, 4.69) is 5.10 Å². The monoisotopic (exact) mass is 355 g/mol. The molecule has 1 aliphatic rings. The molecule has 2 aromatic rings. The molecule has 26 heavy (non-hydrogen) atoms. The number of hydrogen-bond acceptors (Lipinski definition) is 3. The number of benzene rings is 1. The molecule has 0 bridgehead atoms. The van der Waals surface area contributed by atoms with Gasteiger partial charge in [-0.25, -0.2) is 0 Å². The summed E-state index contributed by atoms with van der Waals surface area (Å²) in [5, 5.41) is 14.0. The largest absolute Gasteiger partial charge is 0.481 e. The highest BCUT2D eigenvalue weighted by atomic mass is 16.4. The number of carboxylic acid groups (broad SMARTS) is 1. The lowest BCUT2D eigenvalue weighted by Gasteiger charge is -2.16. The number of likely N-dealkylation sites (tertiary alicyclic amines) is 1. The molecule has 6 heteroatoms. The van der Waals surface area contributed by atoms with Crippen molar-refractivity contribution in [2.75, 3.05) is 13.1 Å². The smallest absolute Gasteiger partial charge is 0.308 e. The second-order valence-corrected chi connectivity index (χ2v) is 7.03. The maximum atomic E-state index is 12.7. The quantitative estimate of drug-likeness (QED) is 0.893. The lowest BCUT2D eigenvalue weighted by atomic mass is 9.89. The Kier molecular flexibility index (Phi) is 5.11. The van der Waals surface area contributed by atoms with Gasteiger partial charge < -0.3 is 10.0 Å². The van der Waals surface area contributed by atoms with E-state index < -0.39 is 11.9 Å². The number of aryl methyl sites for hydroxylation is 2. The third-order valence-electron chi connectivity index (χ3n) is 5.47. The lowest BCUT2D eigenvalue weighted by molar-refractivity contribution is -0.141. The predicted octanol–water partition coefficient (Wildman–Crippen LogP) is 2.30. The Balaban J connectivity index is 1.69. The minimum Gasteiger partial charge on any atom is -0.481 e. The van der Waals surface area contributed by atoms with E-state index in [0.717, 1.165) is 22.5 Å². The van der Waals surface area contributed by atoms with Crippen molar-refractivity contribution in [3.8, 4) is 0 Å². The highest BCUT2D eigenvalue weighted by molar-refractivity contribution is 5.80. The Morgan fingerprint density at radius 2 is 1.88 bits per heavy atom. The number of carbonyl (C=O) groups is 2. The van der Waals surface area contributed by atoms with Crippen LogP contribution in [-0.2, 0) is 23.1 Å². The summed E-state index contributed by atoms with van der Waals surface area (Å²) in [4.78, 5) is 26.1. The molecule has 0 spiro atoms. The van der Waals surface area contributed by atoms with Crippen molar-refractivity contribution in [3.05, 3.63) is 52.8 Å². The van der Waals surface area contributed by atoms with Gasteiger partial charge in [0.2, 0.25) is 5.91 Å². The molecule has 2 heterocycles. The molecule has 1 fully saturated rings. The van der Waals surface area contributed by atoms with Crippen LogP contribution in [0.15, 0.2) is 30.3 Å². The summed E-state index contributed by atoms with van der Waals surface area (Å²) in [6.07, 6.45) is 1.01. The van der Waals surface area contributed by atoms with Crippen LogP contribution in [0.2, 0.25) is 0 Å². The molecule has 3 rings (SSSR count). The van der Waals surface area contributed by atoms with Crippen LogP contribution in [0.4, 0.5) is 0 Å². The third-order valence-corrected chi connectivity index (χ3v) is 5.47. The van der Waals surface area contributed by atoms with Gasteiger partial charge in [-0.05, 0) is 31.4 Å². The molecular weight excluding hydrogens is 330 g/mol. The Labute approximate surface area is 153 Å². The van der Waals surface area contributed by atoms with Crippen LogP contribution in [0.5, 0.6) is 0 Å². The molecule has 1 amide bonds. The molecule has 1 N–H and O–H groups in total. The van der Waals surface area contributed by atoms with E-state index in [0.29, 0.717) is 19.4 Å². The second-order valence-electron chi connectivity index (χ2n) is 7.03. The van der Waals surface area contributed by atoms with Crippen LogP contribution in [0.3, 0.4) is 0 Å². The minimum absolute atomic E-state index is 0.0114.